The van der Waals surface area contributed by atoms with E-state index in [0.717, 1.165) is 12.2 Å². The van der Waals surface area contributed by atoms with E-state index in [1.165, 1.54) is 0 Å². The summed E-state index contributed by atoms with van der Waals surface area (Å²) >= 11 is 4.07. The van der Waals surface area contributed by atoms with Crippen LogP contribution in [0.15, 0.2) is 0 Å². The molecule has 0 aromatic rings. The Hall–Kier alpha value is -0.0900. The summed E-state index contributed by atoms with van der Waals surface area (Å²) in [7, 11) is 0. The summed E-state index contributed by atoms with van der Waals surface area (Å²) in [5, 5.41) is 0. The molecule has 0 fully saturated rings. The van der Waals surface area contributed by atoms with Crippen LogP contribution in [0.2, 0.25) is 0 Å². The van der Waals surface area contributed by atoms with Gasteiger partial charge in [0.25, 0.3) is 0 Å². The Balaban J connectivity index is 3.59. The topological polar surface area (TPSA) is 0 Å². The Bertz CT molecular complexity index is 97.4. The molecule has 1 heteroatoms. The van der Waals surface area contributed by atoms with Gasteiger partial charge >= 0.3 is 0 Å². The molecule has 0 N–H and O–H groups in total. The summed E-state index contributed by atoms with van der Waals surface area (Å²) in [5.74, 6) is 3.57. The van der Waals surface area contributed by atoms with Crippen molar-refractivity contribution < 1.29 is 0 Å². The van der Waals surface area contributed by atoms with Crippen LogP contribution < -0.4 is 0 Å². The molecule has 0 bridgehead atoms. The van der Waals surface area contributed by atoms with E-state index in [2.05, 4.69) is 18.5 Å². The Morgan fingerprint density at radius 3 is 2.25 bits per heavy atom. The molecule has 0 saturated carbocycles. The molecule has 0 nitrogen and oxygen atoms in total. The van der Waals surface area contributed by atoms with E-state index >= 15 is 0 Å². The second-order valence-corrected chi connectivity index (χ2v) is 2.95. The van der Waals surface area contributed by atoms with Gasteiger partial charge in [0.05, 0.1) is 0 Å². The van der Waals surface area contributed by atoms with E-state index in [-0.39, 0.29) is 5.41 Å². The third-order valence-electron chi connectivity index (χ3n) is 1.13. The van der Waals surface area contributed by atoms with E-state index in [9.17, 15) is 0 Å². The second-order valence-electron chi connectivity index (χ2n) is 2.50. The third-order valence-corrected chi connectivity index (χ3v) is 1.35. The van der Waals surface area contributed by atoms with Crippen molar-refractivity contribution in [1.29, 1.82) is 0 Å². The first-order valence-electron chi connectivity index (χ1n) is 2.71. The first kappa shape index (κ1) is 7.91. The van der Waals surface area contributed by atoms with Crippen LogP contribution >= 0.6 is 12.6 Å². The van der Waals surface area contributed by atoms with Crippen molar-refractivity contribution in [3.8, 4) is 12.3 Å². The first-order valence-corrected chi connectivity index (χ1v) is 3.34. The monoisotopic (exact) mass is 128 g/mol. The maximum absolute atomic E-state index is 5.21. The normalized spacial score (nSPS) is 10.8. The van der Waals surface area contributed by atoms with Gasteiger partial charge in [-0.15, -0.1) is 12.3 Å². The highest BCUT2D eigenvalue weighted by molar-refractivity contribution is 7.80. The summed E-state index contributed by atoms with van der Waals surface area (Å²) in [5.41, 5.74) is 0.0434. The molecule has 0 spiro atoms. The fourth-order valence-electron chi connectivity index (χ4n) is 0.352. The highest BCUT2D eigenvalue weighted by atomic mass is 32.1. The first-order chi connectivity index (χ1) is 3.62. The van der Waals surface area contributed by atoms with Crippen LogP contribution in [0.1, 0.15) is 20.3 Å². The fourth-order valence-corrected chi connectivity index (χ4v) is 0.911. The van der Waals surface area contributed by atoms with Gasteiger partial charge < -0.3 is 0 Å². The average Bonchev–Trinajstić information content (AvgIpc) is 1.67. The van der Waals surface area contributed by atoms with E-state index in [0.29, 0.717) is 0 Å². The van der Waals surface area contributed by atoms with Gasteiger partial charge in [-0.2, -0.15) is 12.6 Å². The standard InChI is InChI=1S/C7H12S/c1-4-7(2,3)5-6-8/h1,8H,5-6H2,2-3H3. The lowest BCUT2D eigenvalue weighted by Crippen LogP contribution is -2.07. The molecule has 0 unspecified atom stereocenters. The molecule has 0 rings (SSSR count). The van der Waals surface area contributed by atoms with Gasteiger partial charge in [-0.05, 0) is 26.0 Å². The Labute approximate surface area is 57.1 Å². The van der Waals surface area contributed by atoms with Gasteiger partial charge in [0, 0.05) is 5.41 Å². The third kappa shape index (κ3) is 2.98. The van der Waals surface area contributed by atoms with Crippen LogP contribution in [0.25, 0.3) is 0 Å². The lowest BCUT2D eigenvalue weighted by atomic mass is 9.92. The minimum absolute atomic E-state index is 0.0434. The van der Waals surface area contributed by atoms with Crippen LogP contribution in [0.5, 0.6) is 0 Å². The Morgan fingerprint density at radius 1 is 1.62 bits per heavy atom. The van der Waals surface area contributed by atoms with E-state index < -0.39 is 0 Å². The van der Waals surface area contributed by atoms with Crippen LogP contribution in [0.3, 0.4) is 0 Å². The number of hydrogen-bond donors (Lipinski definition) is 1. The largest absolute Gasteiger partial charge is 0.179 e. The molecule has 0 aromatic carbocycles. The second kappa shape index (κ2) is 3.04. The molecule has 0 aliphatic carbocycles. The van der Waals surface area contributed by atoms with Crippen LogP contribution in [-0.2, 0) is 0 Å². The summed E-state index contributed by atoms with van der Waals surface area (Å²) in [6.45, 7) is 4.09. The molecule has 0 aliphatic heterocycles. The molecule has 0 aromatic heterocycles. The zero-order valence-corrected chi connectivity index (χ0v) is 6.33. The van der Waals surface area contributed by atoms with E-state index in [1.807, 2.05) is 13.8 Å². The molecule has 8 heavy (non-hydrogen) atoms. The van der Waals surface area contributed by atoms with Crippen molar-refractivity contribution in [2.45, 2.75) is 20.3 Å². The highest BCUT2D eigenvalue weighted by Gasteiger charge is 2.10. The molecule has 0 radical (unpaired) electrons. The molecule has 46 valence electrons. The van der Waals surface area contributed by atoms with Gasteiger partial charge in [0.2, 0.25) is 0 Å². The summed E-state index contributed by atoms with van der Waals surface area (Å²) in [4.78, 5) is 0. The van der Waals surface area contributed by atoms with Gasteiger partial charge in [0.1, 0.15) is 0 Å². The van der Waals surface area contributed by atoms with Gasteiger partial charge in [-0.1, -0.05) is 0 Å². The quantitative estimate of drug-likeness (QED) is 0.426. The predicted octanol–water partition coefficient (Wildman–Crippen LogP) is 1.97. The molecular weight excluding hydrogens is 116 g/mol. The summed E-state index contributed by atoms with van der Waals surface area (Å²) in [6, 6.07) is 0. The number of rotatable bonds is 2. The summed E-state index contributed by atoms with van der Waals surface area (Å²) in [6.07, 6.45) is 6.20. The zero-order chi connectivity index (χ0) is 6.62. The van der Waals surface area contributed by atoms with Crippen molar-refractivity contribution in [2.24, 2.45) is 5.41 Å². The Morgan fingerprint density at radius 2 is 2.12 bits per heavy atom. The van der Waals surface area contributed by atoms with Crippen LogP contribution in [0.4, 0.5) is 0 Å². The van der Waals surface area contributed by atoms with Crippen molar-refractivity contribution in [3.05, 3.63) is 0 Å². The van der Waals surface area contributed by atoms with Gasteiger partial charge in [-0.3, -0.25) is 0 Å². The smallest absolute Gasteiger partial charge is 0.0263 e. The highest BCUT2D eigenvalue weighted by Crippen LogP contribution is 2.18. The molecular formula is C7H12S. The minimum atomic E-state index is 0.0434. The van der Waals surface area contributed by atoms with Crippen molar-refractivity contribution in [1.82, 2.24) is 0 Å². The van der Waals surface area contributed by atoms with Gasteiger partial charge in [-0.25, -0.2) is 0 Å². The lowest BCUT2D eigenvalue weighted by molar-refractivity contribution is 0.490. The van der Waals surface area contributed by atoms with Crippen LogP contribution in [0, 0.1) is 17.8 Å². The maximum Gasteiger partial charge on any atom is 0.0263 e. The van der Waals surface area contributed by atoms with Crippen molar-refractivity contribution >= 4 is 12.6 Å². The zero-order valence-electron chi connectivity index (χ0n) is 5.44. The SMILES string of the molecule is C#CC(C)(C)CCS. The van der Waals surface area contributed by atoms with Crippen molar-refractivity contribution in [2.75, 3.05) is 5.75 Å². The molecule has 0 atom stereocenters. The Kier molecular flexibility index (Phi) is 3.01. The molecule has 0 aliphatic rings. The van der Waals surface area contributed by atoms with E-state index in [4.69, 9.17) is 6.42 Å². The molecule has 0 saturated heterocycles. The van der Waals surface area contributed by atoms with E-state index in [1.54, 1.807) is 0 Å². The number of hydrogen-bond acceptors (Lipinski definition) is 1. The number of terminal acetylenes is 1. The summed E-state index contributed by atoms with van der Waals surface area (Å²) < 4.78 is 0. The maximum atomic E-state index is 5.21. The van der Waals surface area contributed by atoms with Gasteiger partial charge in [0.15, 0.2) is 0 Å². The van der Waals surface area contributed by atoms with Crippen molar-refractivity contribution in [3.63, 3.8) is 0 Å². The predicted molar refractivity (Wildman–Crippen MR) is 41.1 cm³/mol. The average molecular weight is 128 g/mol. The molecule has 0 amide bonds. The number of thiol groups is 1. The minimum Gasteiger partial charge on any atom is -0.179 e. The molecule has 0 heterocycles. The fraction of sp³-hybridized carbons (Fsp3) is 0.714. The lowest BCUT2D eigenvalue weighted by Gasteiger charge is -2.14. The van der Waals surface area contributed by atoms with Crippen LogP contribution in [-0.4, -0.2) is 5.75 Å².